The first kappa shape index (κ1) is 14.6. The van der Waals surface area contributed by atoms with Crippen LogP contribution in [0.4, 0.5) is 0 Å². The summed E-state index contributed by atoms with van der Waals surface area (Å²) < 4.78 is 28.2. The number of nitrogens with zero attached hydrogens (tertiary/aromatic N) is 3. The van der Waals surface area contributed by atoms with Crippen molar-refractivity contribution in [2.45, 2.75) is 17.9 Å². The Morgan fingerprint density at radius 3 is 2.60 bits per heavy atom. The number of benzene rings is 1. The van der Waals surface area contributed by atoms with Gasteiger partial charge in [0.2, 0.25) is 10.0 Å². The van der Waals surface area contributed by atoms with Gasteiger partial charge in [0, 0.05) is 12.7 Å². The fourth-order valence-electron chi connectivity index (χ4n) is 1.73. The molecule has 0 aliphatic carbocycles. The van der Waals surface area contributed by atoms with Crippen molar-refractivity contribution in [3.63, 3.8) is 0 Å². The predicted octanol–water partition coefficient (Wildman–Crippen LogP) is -0.242. The third kappa shape index (κ3) is 3.86. The Hall–Kier alpha value is -1.77. The minimum absolute atomic E-state index is 0.247. The standard InChI is InChI=1S/C12H17N5O2S/c13-6-5-11-1-3-12(4-2-11)20(18,19)15-8-10-17-9-7-14-16-17/h1-4,7,9,15H,5-6,8,10,13H2. The molecule has 0 bridgehead atoms. The minimum atomic E-state index is -3.49. The average Bonchev–Trinajstić information content (AvgIpc) is 2.93. The lowest BCUT2D eigenvalue weighted by molar-refractivity contribution is 0.553. The van der Waals surface area contributed by atoms with Gasteiger partial charge in [-0.25, -0.2) is 13.1 Å². The molecule has 1 aromatic heterocycles. The molecule has 108 valence electrons. The summed E-state index contributed by atoms with van der Waals surface area (Å²) in [5, 5.41) is 7.41. The molecule has 0 aliphatic heterocycles. The molecule has 3 N–H and O–H groups in total. The highest BCUT2D eigenvalue weighted by atomic mass is 32.2. The maximum atomic E-state index is 12.0. The second-order valence-corrected chi connectivity index (χ2v) is 6.01. The van der Waals surface area contributed by atoms with Crippen LogP contribution < -0.4 is 10.5 Å². The molecule has 2 rings (SSSR count). The molecule has 0 saturated carbocycles. The van der Waals surface area contributed by atoms with Crippen LogP contribution in [0.1, 0.15) is 5.56 Å². The van der Waals surface area contributed by atoms with Gasteiger partial charge in [-0.3, -0.25) is 4.68 Å². The van der Waals surface area contributed by atoms with Gasteiger partial charge in [0.05, 0.1) is 17.6 Å². The van der Waals surface area contributed by atoms with Crippen molar-refractivity contribution in [1.29, 1.82) is 0 Å². The van der Waals surface area contributed by atoms with Crippen LogP contribution in [0.3, 0.4) is 0 Å². The Kier molecular flexibility index (Phi) is 4.83. The molecule has 1 aromatic carbocycles. The molecule has 0 fully saturated rings. The molecule has 2 aromatic rings. The van der Waals surface area contributed by atoms with Crippen molar-refractivity contribution in [1.82, 2.24) is 19.7 Å². The number of hydrogen-bond acceptors (Lipinski definition) is 5. The normalized spacial score (nSPS) is 11.7. The summed E-state index contributed by atoms with van der Waals surface area (Å²) in [5.74, 6) is 0. The van der Waals surface area contributed by atoms with Gasteiger partial charge >= 0.3 is 0 Å². The Balaban J connectivity index is 1.95. The van der Waals surface area contributed by atoms with E-state index >= 15 is 0 Å². The topological polar surface area (TPSA) is 103 Å². The second-order valence-electron chi connectivity index (χ2n) is 4.25. The first-order valence-electron chi connectivity index (χ1n) is 6.24. The molecule has 20 heavy (non-hydrogen) atoms. The molecule has 8 heteroatoms. The number of rotatable bonds is 7. The molecule has 0 atom stereocenters. The zero-order valence-electron chi connectivity index (χ0n) is 10.9. The SMILES string of the molecule is NCCc1ccc(S(=O)(=O)NCCn2ccnn2)cc1. The summed E-state index contributed by atoms with van der Waals surface area (Å²) in [5.41, 5.74) is 6.47. The first-order valence-corrected chi connectivity index (χ1v) is 7.73. The van der Waals surface area contributed by atoms with Gasteiger partial charge in [0.1, 0.15) is 0 Å². The highest BCUT2D eigenvalue weighted by Gasteiger charge is 2.12. The maximum absolute atomic E-state index is 12.0. The summed E-state index contributed by atoms with van der Waals surface area (Å²) in [6.45, 7) is 1.24. The van der Waals surface area contributed by atoms with Crippen LogP contribution in [-0.4, -0.2) is 36.5 Å². The molecule has 1 heterocycles. The third-order valence-electron chi connectivity index (χ3n) is 2.77. The molecule has 0 saturated heterocycles. The maximum Gasteiger partial charge on any atom is 0.240 e. The van der Waals surface area contributed by atoms with Crippen LogP contribution in [0.15, 0.2) is 41.6 Å². The Morgan fingerprint density at radius 1 is 1.25 bits per heavy atom. The van der Waals surface area contributed by atoms with Crippen LogP contribution in [0.2, 0.25) is 0 Å². The smallest absolute Gasteiger partial charge is 0.240 e. The number of sulfonamides is 1. The van der Waals surface area contributed by atoms with E-state index in [1.54, 1.807) is 41.3 Å². The number of nitrogens with two attached hydrogens (primary N) is 1. The third-order valence-corrected chi connectivity index (χ3v) is 4.25. The number of aromatic nitrogens is 3. The number of hydrogen-bond donors (Lipinski definition) is 2. The van der Waals surface area contributed by atoms with Gasteiger partial charge in [0.15, 0.2) is 0 Å². The molecule has 0 aliphatic rings. The lowest BCUT2D eigenvalue weighted by Crippen LogP contribution is -2.27. The van der Waals surface area contributed by atoms with Crippen LogP contribution in [0.5, 0.6) is 0 Å². The number of nitrogens with one attached hydrogen (secondary N) is 1. The lowest BCUT2D eigenvalue weighted by Gasteiger charge is -2.07. The van der Waals surface area contributed by atoms with Crippen LogP contribution in [-0.2, 0) is 23.0 Å². The molecule has 0 spiro atoms. The Morgan fingerprint density at radius 2 is 2.00 bits per heavy atom. The average molecular weight is 295 g/mol. The summed E-state index contributed by atoms with van der Waals surface area (Å²) in [7, 11) is -3.49. The van der Waals surface area contributed by atoms with Gasteiger partial charge in [-0.05, 0) is 30.7 Å². The Bertz CT molecular complexity index is 622. The molecule has 0 radical (unpaired) electrons. The zero-order chi connectivity index (χ0) is 14.4. The van der Waals surface area contributed by atoms with E-state index in [9.17, 15) is 8.42 Å². The molecule has 0 unspecified atom stereocenters. The monoisotopic (exact) mass is 295 g/mol. The highest BCUT2D eigenvalue weighted by Crippen LogP contribution is 2.10. The van der Waals surface area contributed by atoms with Gasteiger partial charge in [-0.1, -0.05) is 17.3 Å². The van der Waals surface area contributed by atoms with E-state index < -0.39 is 10.0 Å². The van der Waals surface area contributed by atoms with E-state index in [-0.39, 0.29) is 11.4 Å². The summed E-state index contributed by atoms with van der Waals surface area (Å²) in [6.07, 6.45) is 3.96. The van der Waals surface area contributed by atoms with Crippen molar-refractivity contribution in [2.24, 2.45) is 5.73 Å². The van der Waals surface area contributed by atoms with E-state index in [4.69, 9.17) is 5.73 Å². The van der Waals surface area contributed by atoms with Crippen molar-refractivity contribution in [2.75, 3.05) is 13.1 Å². The van der Waals surface area contributed by atoms with Gasteiger partial charge < -0.3 is 5.73 Å². The van der Waals surface area contributed by atoms with Gasteiger partial charge in [-0.15, -0.1) is 5.10 Å². The van der Waals surface area contributed by atoms with Crippen LogP contribution in [0, 0.1) is 0 Å². The quantitative estimate of drug-likeness (QED) is 0.733. The summed E-state index contributed by atoms with van der Waals surface area (Å²) in [6, 6.07) is 6.73. The largest absolute Gasteiger partial charge is 0.330 e. The lowest BCUT2D eigenvalue weighted by atomic mass is 10.2. The summed E-state index contributed by atoms with van der Waals surface area (Å²) in [4.78, 5) is 0.247. The minimum Gasteiger partial charge on any atom is -0.330 e. The first-order chi connectivity index (χ1) is 9.62. The zero-order valence-corrected chi connectivity index (χ0v) is 11.8. The van der Waals surface area contributed by atoms with Crippen molar-refractivity contribution in [3.8, 4) is 0 Å². The molecular formula is C12H17N5O2S. The summed E-state index contributed by atoms with van der Waals surface area (Å²) >= 11 is 0. The Labute approximate surface area is 117 Å². The van der Waals surface area contributed by atoms with Crippen molar-refractivity contribution < 1.29 is 8.42 Å². The van der Waals surface area contributed by atoms with Gasteiger partial charge in [-0.2, -0.15) is 0 Å². The van der Waals surface area contributed by atoms with E-state index in [2.05, 4.69) is 15.0 Å². The molecular weight excluding hydrogens is 278 g/mol. The van der Waals surface area contributed by atoms with E-state index in [0.29, 0.717) is 13.1 Å². The van der Waals surface area contributed by atoms with E-state index in [1.807, 2.05) is 0 Å². The fraction of sp³-hybridized carbons (Fsp3) is 0.333. The second kappa shape index (κ2) is 6.60. The molecule has 0 amide bonds. The predicted molar refractivity (Wildman–Crippen MR) is 74.4 cm³/mol. The highest BCUT2D eigenvalue weighted by molar-refractivity contribution is 7.89. The van der Waals surface area contributed by atoms with Crippen LogP contribution >= 0.6 is 0 Å². The van der Waals surface area contributed by atoms with Crippen molar-refractivity contribution in [3.05, 3.63) is 42.2 Å². The van der Waals surface area contributed by atoms with E-state index in [1.165, 1.54) is 0 Å². The fourth-order valence-corrected chi connectivity index (χ4v) is 2.75. The molecule has 7 nitrogen and oxygen atoms in total. The van der Waals surface area contributed by atoms with Crippen molar-refractivity contribution >= 4 is 10.0 Å². The van der Waals surface area contributed by atoms with E-state index in [0.717, 1.165) is 12.0 Å². The van der Waals surface area contributed by atoms with Crippen LogP contribution in [0.25, 0.3) is 0 Å². The van der Waals surface area contributed by atoms with Gasteiger partial charge in [0.25, 0.3) is 0 Å².